The van der Waals surface area contributed by atoms with E-state index in [1.165, 1.54) is 12.1 Å². The zero-order valence-corrected chi connectivity index (χ0v) is 11.0. The molecule has 0 aliphatic heterocycles. The summed E-state index contributed by atoms with van der Waals surface area (Å²) in [6, 6.07) is 4.66. The van der Waals surface area contributed by atoms with Gasteiger partial charge < -0.3 is 5.32 Å². The van der Waals surface area contributed by atoms with E-state index >= 15 is 0 Å². The van der Waals surface area contributed by atoms with Crippen LogP contribution in [0.4, 0.5) is 24.8 Å². The molecule has 10 heteroatoms. The third kappa shape index (κ3) is 2.39. The molecule has 0 aliphatic rings. The molecule has 0 amide bonds. The normalized spacial score (nSPS) is 12.0. The second-order valence-electron chi connectivity index (χ2n) is 4.43. The topological polar surface area (TPSA) is 72.9 Å². The first-order valence-electron chi connectivity index (χ1n) is 5.92. The average Bonchev–Trinajstić information content (AvgIpc) is 2.93. The summed E-state index contributed by atoms with van der Waals surface area (Å²) in [5, 5.41) is 17.4. The lowest BCUT2D eigenvalue weighted by atomic mass is 10.4. The molecule has 0 radical (unpaired) electrons. The highest BCUT2D eigenvalue weighted by Gasteiger charge is 2.37. The van der Waals surface area contributed by atoms with Crippen molar-refractivity contribution in [3.63, 3.8) is 0 Å². The van der Waals surface area contributed by atoms with Gasteiger partial charge in [-0.25, -0.2) is 0 Å². The Hall–Kier alpha value is -2.65. The highest BCUT2D eigenvalue weighted by atomic mass is 19.4. The first kappa shape index (κ1) is 13.3. The molecule has 3 aromatic heterocycles. The number of aromatic nitrogens is 6. The Morgan fingerprint density at radius 2 is 1.86 bits per heavy atom. The average molecular weight is 297 g/mol. The van der Waals surface area contributed by atoms with Gasteiger partial charge in [0.05, 0.1) is 0 Å². The van der Waals surface area contributed by atoms with Gasteiger partial charge in [-0.2, -0.15) is 22.8 Å². The summed E-state index contributed by atoms with van der Waals surface area (Å²) in [7, 11) is 1.76. The van der Waals surface area contributed by atoms with Crippen LogP contribution in [0.2, 0.25) is 0 Å². The van der Waals surface area contributed by atoms with Crippen LogP contribution in [0.15, 0.2) is 18.2 Å². The number of hydrogen-bond acceptors (Lipinski definition) is 5. The molecule has 1 N–H and O–H groups in total. The maximum Gasteiger partial charge on any atom is 0.453 e. The van der Waals surface area contributed by atoms with Crippen molar-refractivity contribution >= 4 is 17.3 Å². The van der Waals surface area contributed by atoms with Crippen LogP contribution in [0.1, 0.15) is 11.5 Å². The van der Waals surface area contributed by atoms with Gasteiger partial charge >= 0.3 is 6.18 Å². The largest absolute Gasteiger partial charge is 0.453 e. The SMILES string of the molecule is Cc1cc(Nc2ccc3nnc(C(F)(F)F)n3n2)nn1C. The van der Waals surface area contributed by atoms with E-state index in [-0.39, 0.29) is 11.5 Å². The molecule has 0 atom stereocenters. The lowest BCUT2D eigenvalue weighted by Gasteiger charge is -2.05. The zero-order valence-electron chi connectivity index (χ0n) is 11.0. The Labute approximate surface area is 116 Å². The number of anilines is 2. The van der Waals surface area contributed by atoms with Crippen LogP contribution in [0.5, 0.6) is 0 Å². The Bertz CT molecular complexity index is 782. The molecular weight excluding hydrogens is 287 g/mol. The fourth-order valence-corrected chi connectivity index (χ4v) is 1.79. The van der Waals surface area contributed by atoms with E-state index in [1.807, 2.05) is 6.92 Å². The van der Waals surface area contributed by atoms with Crippen LogP contribution in [0, 0.1) is 6.92 Å². The van der Waals surface area contributed by atoms with Crippen LogP contribution in [-0.2, 0) is 13.2 Å². The number of fused-ring (bicyclic) bond motifs is 1. The minimum absolute atomic E-state index is 0.0186. The number of rotatable bonds is 2. The van der Waals surface area contributed by atoms with Crippen molar-refractivity contribution in [2.45, 2.75) is 13.1 Å². The zero-order chi connectivity index (χ0) is 15.2. The second-order valence-corrected chi connectivity index (χ2v) is 4.43. The van der Waals surface area contributed by atoms with Crippen LogP contribution in [-0.4, -0.2) is 29.6 Å². The second kappa shape index (κ2) is 4.43. The molecule has 0 bridgehead atoms. The smallest absolute Gasteiger partial charge is 0.322 e. The molecule has 21 heavy (non-hydrogen) atoms. The molecule has 0 saturated carbocycles. The van der Waals surface area contributed by atoms with Crippen molar-refractivity contribution in [2.75, 3.05) is 5.32 Å². The maximum absolute atomic E-state index is 12.8. The third-order valence-corrected chi connectivity index (χ3v) is 2.89. The van der Waals surface area contributed by atoms with E-state index in [2.05, 4.69) is 25.7 Å². The predicted octanol–water partition coefficient (Wildman–Crippen LogP) is 1.93. The van der Waals surface area contributed by atoms with E-state index in [4.69, 9.17) is 0 Å². The van der Waals surface area contributed by atoms with E-state index < -0.39 is 12.0 Å². The first-order valence-corrected chi connectivity index (χ1v) is 5.92. The van der Waals surface area contributed by atoms with Gasteiger partial charge in [0.15, 0.2) is 17.3 Å². The van der Waals surface area contributed by atoms with Crippen molar-refractivity contribution in [2.24, 2.45) is 7.05 Å². The Kier molecular flexibility index (Phi) is 2.81. The minimum atomic E-state index is -4.62. The Morgan fingerprint density at radius 3 is 2.48 bits per heavy atom. The number of nitrogens with zero attached hydrogens (tertiary/aromatic N) is 6. The molecule has 0 aromatic carbocycles. The molecule has 0 spiro atoms. The first-order chi connectivity index (χ1) is 9.84. The molecular formula is C11H10F3N7. The predicted molar refractivity (Wildman–Crippen MR) is 67.0 cm³/mol. The summed E-state index contributed by atoms with van der Waals surface area (Å²) in [5.74, 6) is -0.465. The molecule has 3 rings (SSSR count). The molecule has 110 valence electrons. The lowest BCUT2D eigenvalue weighted by Crippen LogP contribution is -2.13. The summed E-state index contributed by atoms with van der Waals surface area (Å²) >= 11 is 0. The standard InChI is InChI=1S/C11H10F3N7/c1-6-5-8(18-20(6)2)15-7-3-4-9-16-17-10(11(12,13)14)21(9)19-7/h3-5H,1-2H3,(H,15,18,19). The maximum atomic E-state index is 12.8. The van der Waals surface area contributed by atoms with Gasteiger partial charge in [-0.3, -0.25) is 4.68 Å². The van der Waals surface area contributed by atoms with E-state index in [1.54, 1.807) is 17.8 Å². The molecule has 7 nitrogen and oxygen atoms in total. The summed E-state index contributed by atoms with van der Waals surface area (Å²) in [6.45, 7) is 1.86. The van der Waals surface area contributed by atoms with Crippen molar-refractivity contribution < 1.29 is 13.2 Å². The van der Waals surface area contributed by atoms with Crippen LogP contribution in [0.3, 0.4) is 0 Å². The van der Waals surface area contributed by atoms with Crippen LogP contribution < -0.4 is 5.32 Å². The summed E-state index contributed by atoms with van der Waals surface area (Å²) < 4.78 is 40.6. The highest BCUT2D eigenvalue weighted by Crippen LogP contribution is 2.27. The summed E-state index contributed by atoms with van der Waals surface area (Å²) in [4.78, 5) is 0. The summed E-state index contributed by atoms with van der Waals surface area (Å²) in [6.07, 6.45) is -4.62. The quantitative estimate of drug-likeness (QED) is 0.782. The van der Waals surface area contributed by atoms with Gasteiger partial charge in [0, 0.05) is 18.8 Å². The van der Waals surface area contributed by atoms with Crippen molar-refractivity contribution in [1.29, 1.82) is 0 Å². The van der Waals surface area contributed by atoms with Crippen molar-refractivity contribution in [1.82, 2.24) is 29.6 Å². The fraction of sp³-hybridized carbons (Fsp3) is 0.273. The van der Waals surface area contributed by atoms with Gasteiger partial charge in [-0.1, -0.05) is 0 Å². The van der Waals surface area contributed by atoms with E-state index in [0.29, 0.717) is 10.3 Å². The molecule has 0 fully saturated rings. The molecule has 0 saturated heterocycles. The number of nitrogens with one attached hydrogen (secondary N) is 1. The molecule has 0 aliphatic carbocycles. The number of alkyl halides is 3. The van der Waals surface area contributed by atoms with E-state index in [0.717, 1.165) is 5.69 Å². The molecule has 0 unspecified atom stereocenters. The third-order valence-electron chi connectivity index (χ3n) is 2.89. The number of hydrogen-bond donors (Lipinski definition) is 1. The van der Waals surface area contributed by atoms with Gasteiger partial charge in [0.1, 0.15) is 0 Å². The van der Waals surface area contributed by atoms with Gasteiger partial charge in [-0.05, 0) is 19.1 Å². The highest BCUT2D eigenvalue weighted by molar-refractivity contribution is 5.53. The summed E-state index contributed by atoms with van der Waals surface area (Å²) in [5.41, 5.74) is 0.920. The van der Waals surface area contributed by atoms with Gasteiger partial charge in [-0.15, -0.1) is 15.3 Å². The van der Waals surface area contributed by atoms with Crippen molar-refractivity contribution in [3.8, 4) is 0 Å². The fourth-order valence-electron chi connectivity index (χ4n) is 1.79. The monoisotopic (exact) mass is 297 g/mol. The number of halogens is 3. The minimum Gasteiger partial charge on any atom is -0.322 e. The van der Waals surface area contributed by atoms with Gasteiger partial charge in [0.25, 0.3) is 5.82 Å². The Balaban J connectivity index is 2.00. The van der Waals surface area contributed by atoms with E-state index in [9.17, 15) is 13.2 Å². The Morgan fingerprint density at radius 1 is 1.10 bits per heavy atom. The van der Waals surface area contributed by atoms with Gasteiger partial charge in [0.2, 0.25) is 0 Å². The molecule has 3 heterocycles. The van der Waals surface area contributed by atoms with Crippen LogP contribution >= 0.6 is 0 Å². The van der Waals surface area contributed by atoms with Crippen molar-refractivity contribution in [3.05, 3.63) is 29.7 Å². The number of aryl methyl sites for hydroxylation is 2. The lowest BCUT2D eigenvalue weighted by molar-refractivity contribution is -0.146. The van der Waals surface area contributed by atoms with Crippen LogP contribution in [0.25, 0.3) is 5.65 Å². The molecule has 3 aromatic rings.